The molecule has 4 nitrogen and oxygen atoms in total. The molecule has 0 aliphatic heterocycles. The molecule has 0 aromatic carbocycles. The van der Waals surface area contributed by atoms with E-state index in [0.29, 0.717) is 11.6 Å². The van der Waals surface area contributed by atoms with Crippen LogP contribution in [-0.2, 0) is 0 Å². The quantitative estimate of drug-likeness (QED) is 0.773. The Morgan fingerprint density at radius 1 is 1.43 bits per heavy atom. The van der Waals surface area contributed by atoms with Crippen molar-refractivity contribution >= 4 is 11.9 Å². The third-order valence-electron chi connectivity index (χ3n) is 1.83. The van der Waals surface area contributed by atoms with Crippen LogP contribution in [-0.4, -0.2) is 14.8 Å². The van der Waals surface area contributed by atoms with Crippen LogP contribution in [0, 0.1) is 0 Å². The summed E-state index contributed by atoms with van der Waals surface area (Å²) < 4.78 is 1.66. The van der Waals surface area contributed by atoms with Gasteiger partial charge >= 0.3 is 0 Å². The summed E-state index contributed by atoms with van der Waals surface area (Å²) in [6.07, 6.45) is 5.29. The summed E-state index contributed by atoms with van der Waals surface area (Å²) in [5.41, 5.74) is 6.52. The topological polar surface area (TPSA) is 56.7 Å². The molecule has 70 valence electrons. The Bertz CT molecular complexity index is 459. The Balaban J connectivity index is 2.43. The van der Waals surface area contributed by atoms with Gasteiger partial charge in [0, 0.05) is 11.8 Å². The van der Waals surface area contributed by atoms with Gasteiger partial charge in [0.25, 0.3) is 0 Å². The van der Waals surface area contributed by atoms with Crippen molar-refractivity contribution in [2.45, 2.75) is 0 Å². The molecule has 0 aliphatic carbocycles. The molecule has 0 bridgehead atoms. The summed E-state index contributed by atoms with van der Waals surface area (Å²) in [7, 11) is 0. The number of nitrogens with two attached hydrogens (primary N) is 1. The van der Waals surface area contributed by atoms with Crippen molar-refractivity contribution in [2.75, 3.05) is 5.73 Å². The molecular weight excluding hydrogens is 176 g/mol. The minimum Gasteiger partial charge on any atom is -0.384 e. The third-order valence-corrected chi connectivity index (χ3v) is 1.83. The van der Waals surface area contributed by atoms with Gasteiger partial charge in [0.1, 0.15) is 5.82 Å². The van der Waals surface area contributed by atoms with Gasteiger partial charge in [0.15, 0.2) is 5.82 Å². The average molecular weight is 186 g/mol. The lowest BCUT2D eigenvalue weighted by Crippen LogP contribution is -1.99. The zero-order valence-electron chi connectivity index (χ0n) is 7.59. The van der Waals surface area contributed by atoms with Crippen LogP contribution in [0.5, 0.6) is 0 Å². The molecule has 14 heavy (non-hydrogen) atoms. The zero-order chi connectivity index (χ0) is 9.97. The van der Waals surface area contributed by atoms with Crippen molar-refractivity contribution in [1.29, 1.82) is 0 Å². The summed E-state index contributed by atoms with van der Waals surface area (Å²) >= 11 is 0. The highest BCUT2D eigenvalue weighted by atomic mass is 15.3. The zero-order valence-corrected chi connectivity index (χ0v) is 7.59. The van der Waals surface area contributed by atoms with Gasteiger partial charge in [0.05, 0.1) is 6.20 Å². The molecule has 0 atom stereocenters. The first-order valence-electron chi connectivity index (χ1n) is 4.19. The van der Waals surface area contributed by atoms with Crippen molar-refractivity contribution < 1.29 is 0 Å². The van der Waals surface area contributed by atoms with E-state index in [1.165, 1.54) is 0 Å². The fourth-order valence-corrected chi connectivity index (χ4v) is 1.13. The van der Waals surface area contributed by atoms with Crippen molar-refractivity contribution in [2.24, 2.45) is 0 Å². The number of anilines is 1. The molecule has 0 saturated heterocycles. The first-order valence-corrected chi connectivity index (χ1v) is 4.19. The number of aromatic nitrogens is 3. The second kappa shape index (κ2) is 3.33. The number of hydrogen-bond acceptors (Lipinski definition) is 3. The average Bonchev–Trinajstić information content (AvgIpc) is 2.66. The molecule has 2 aromatic heterocycles. The van der Waals surface area contributed by atoms with Crippen LogP contribution in [0.25, 0.3) is 11.9 Å². The first-order chi connectivity index (χ1) is 6.79. The molecule has 0 saturated carbocycles. The van der Waals surface area contributed by atoms with Gasteiger partial charge in [0.2, 0.25) is 0 Å². The molecule has 4 heteroatoms. The van der Waals surface area contributed by atoms with E-state index in [1.807, 2.05) is 18.3 Å². The Kier molecular flexibility index (Phi) is 2.02. The van der Waals surface area contributed by atoms with E-state index >= 15 is 0 Å². The molecule has 0 spiro atoms. The Hall–Kier alpha value is -2.10. The molecule has 0 radical (unpaired) electrons. The van der Waals surface area contributed by atoms with E-state index in [1.54, 1.807) is 23.0 Å². The Morgan fingerprint density at radius 3 is 2.93 bits per heavy atom. The molecule has 2 N–H and O–H groups in total. The minimum atomic E-state index is 0.484. The fraction of sp³-hybridized carbons (Fsp3) is 0. The van der Waals surface area contributed by atoms with Crippen molar-refractivity contribution in [3.05, 3.63) is 42.7 Å². The van der Waals surface area contributed by atoms with Crippen LogP contribution >= 0.6 is 0 Å². The van der Waals surface area contributed by atoms with E-state index in [-0.39, 0.29) is 0 Å². The van der Waals surface area contributed by atoms with E-state index in [9.17, 15) is 0 Å². The minimum absolute atomic E-state index is 0.484. The maximum Gasteiger partial charge on any atom is 0.155 e. The largest absolute Gasteiger partial charge is 0.384 e. The molecular formula is C10H10N4. The number of nitrogen functional groups attached to an aromatic ring is 1. The predicted octanol–water partition coefficient (Wildman–Crippen LogP) is 1.49. The predicted molar refractivity (Wildman–Crippen MR) is 55.9 cm³/mol. The normalized spacial score (nSPS) is 10.0. The maximum atomic E-state index is 5.56. The number of rotatable bonds is 2. The van der Waals surface area contributed by atoms with E-state index in [2.05, 4.69) is 16.7 Å². The monoisotopic (exact) mass is 186 g/mol. The highest BCUT2D eigenvalue weighted by Gasteiger charge is 1.99. The standard InChI is InChI=1S/C10H10N4/c1-2-8-6-12-14(7-8)10-5-3-4-9(11)13-10/h2-7H,1H2,(H2,11,13). The summed E-state index contributed by atoms with van der Waals surface area (Å²) in [6.45, 7) is 3.66. The lowest BCUT2D eigenvalue weighted by molar-refractivity contribution is 0.849. The third kappa shape index (κ3) is 1.50. The number of pyridine rings is 1. The number of nitrogens with zero attached hydrogens (tertiary/aromatic N) is 3. The second-order valence-electron chi connectivity index (χ2n) is 2.84. The van der Waals surface area contributed by atoms with Crippen molar-refractivity contribution in [3.63, 3.8) is 0 Å². The van der Waals surface area contributed by atoms with Crippen LogP contribution in [0.15, 0.2) is 37.2 Å². The molecule has 2 rings (SSSR count). The highest BCUT2D eigenvalue weighted by molar-refractivity contribution is 5.45. The SMILES string of the molecule is C=Cc1cnn(-c2cccc(N)n2)c1. The van der Waals surface area contributed by atoms with Crippen LogP contribution in [0.2, 0.25) is 0 Å². The lowest BCUT2D eigenvalue weighted by Gasteiger charge is -1.99. The number of hydrogen-bond donors (Lipinski definition) is 1. The van der Waals surface area contributed by atoms with Gasteiger partial charge < -0.3 is 5.73 Å². The van der Waals surface area contributed by atoms with Gasteiger partial charge in [-0.05, 0) is 12.1 Å². The first kappa shape index (κ1) is 8.50. The maximum absolute atomic E-state index is 5.56. The summed E-state index contributed by atoms with van der Waals surface area (Å²) in [5, 5.41) is 4.13. The molecule has 0 unspecified atom stereocenters. The molecule has 0 aliphatic rings. The van der Waals surface area contributed by atoms with Crippen LogP contribution in [0.3, 0.4) is 0 Å². The Labute approximate surface area is 81.7 Å². The van der Waals surface area contributed by atoms with Crippen LogP contribution in [0.1, 0.15) is 5.56 Å². The second-order valence-corrected chi connectivity index (χ2v) is 2.84. The van der Waals surface area contributed by atoms with Gasteiger partial charge in [-0.1, -0.05) is 18.7 Å². The van der Waals surface area contributed by atoms with Crippen molar-refractivity contribution in [3.8, 4) is 5.82 Å². The fourth-order valence-electron chi connectivity index (χ4n) is 1.13. The van der Waals surface area contributed by atoms with Crippen LogP contribution in [0.4, 0.5) is 5.82 Å². The van der Waals surface area contributed by atoms with Crippen LogP contribution < -0.4 is 5.73 Å². The summed E-state index contributed by atoms with van der Waals surface area (Å²) in [4.78, 5) is 4.14. The van der Waals surface area contributed by atoms with E-state index < -0.39 is 0 Å². The molecule has 2 heterocycles. The molecule has 2 aromatic rings. The summed E-state index contributed by atoms with van der Waals surface area (Å²) in [6, 6.07) is 5.42. The van der Waals surface area contributed by atoms with Gasteiger partial charge in [-0.25, -0.2) is 9.67 Å². The lowest BCUT2D eigenvalue weighted by atomic mass is 10.4. The highest BCUT2D eigenvalue weighted by Crippen LogP contribution is 2.07. The Morgan fingerprint density at radius 2 is 2.29 bits per heavy atom. The van der Waals surface area contributed by atoms with Gasteiger partial charge in [-0.2, -0.15) is 5.10 Å². The van der Waals surface area contributed by atoms with Gasteiger partial charge in [-0.15, -0.1) is 0 Å². The smallest absolute Gasteiger partial charge is 0.155 e. The van der Waals surface area contributed by atoms with Crippen molar-refractivity contribution in [1.82, 2.24) is 14.8 Å². The van der Waals surface area contributed by atoms with E-state index in [4.69, 9.17) is 5.73 Å². The molecule has 0 fully saturated rings. The van der Waals surface area contributed by atoms with Gasteiger partial charge in [-0.3, -0.25) is 0 Å². The summed E-state index contributed by atoms with van der Waals surface area (Å²) in [5.74, 6) is 1.19. The van der Waals surface area contributed by atoms with E-state index in [0.717, 1.165) is 5.56 Å². The molecule has 0 amide bonds.